The van der Waals surface area contributed by atoms with Gasteiger partial charge in [0.1, 0.15) is 29.2 Å². The maximum atomic E-state index is 13.2. The van der Waals surface area contributed by atoms with E-state index in [4.69, 9.17) is 10.5 Å². The number of phenols is 1. The summed E-state index contributed by atoms with van der Waals surface area (Å²) in [5, 5.41) is 25.5. The summed E-state index contributed by atoms with van der Waals surface area (Å²) >= 11 is 1.42. The first-order chi connectivity index (χ1) is 16.6. The van der Waals surface area contributed by atoms with Crippen molar-refractivity contribution in [3.05, 3.63) is 35.7 Å². The third-order valence-electron chi connectivity index (χ3n) is 5.80. The molecule has 0 spiro atoms. The number of β-lactam (4-membered cyclic amide) rings is 1. The van der Waals surface area contributed by atoms with Crippen molar-refractivity contribution in [1.82, 2.24) is 35.7 Å². The van der Waals surface area contributed by atoms with Crippen LogP contribution in [0.4, 0.5) is 4.79 Å². The summed E-state index contributed by atoms with van der Waals surface area (Å²) in [7, 11) is 1.19. The molecule has 15 heteroatoms. The molecule has 2 aliphatic heterocycles. The summed E-state index contributed by atoms with van der Waals surface area (Å²) in [5.74, 6) is -1.43. The highest BCUT2D eigenvalue weighted by molar-refractivity contribution is 8.01. The Morgan fingerprint density at radius 2 is 1.97 bits per heavy atom. The van der Waals surface area contributed by atoms with Crippen LogP contribution in [0.15, 0.2) is 24.3 Å². The number of rotatable bonds is 6. The van der Waals surface area contributed by atoms with Crippen molar-refractivity contribution < 1.29 is 29.0 Å². The molecule has 3 amide bonds. The quantitative estimate of drug-likeness (QED) is 0.279. The third-order valence-corrected chi connectivity index (χ3v) is 7.38. The molecule has 0 aliphatic carbocycles. The van der Waals surface area contributed by atoms with Gasteiger partial charge in [0, 0.05) is 4.75 Å². The molecule has 0 radical (unpaired) electrons. The molecular formula is C20H24N8O6S. The van der Waals surface area contributed by atoms with Crippen LogP contribution >= 0.6 is 11.8 Å². The van der Waals surface area contributed by atoms with Crippen LogP contribution < -0.4 is 16.4 Å². The zero-order valence-electron chi connectivity index (χ0n) is 19.0. The molecule has 14 nitrogen and oxygen atoms in total. The van der Waals surface area contributed by atoms with Crippen LogP contribution in [-0.4, -0.2) is 83.8 Å². The van der Waals surface area contributed by atoms with Crippen molar-refractivity contribution in [3.63, 3.8) is 0 Å². The average Bonchev–Trinajstić information content (AvgIpc) is 3.40. The van der Waals surface area contributed by atoms with E-state index in [0.717, 1.165) is 4.68 Å². The van der Waals surface area contributed by atoms with Crippen molar-refractivity contribution >= 4 is 35.6 Å². The smallest absolute Gasteiger partial charge is 0.437 e. The van der Waals surface area contributed by atoms with Gasteiger partial charge in [-0.25, -0.2) is 4.79 Å². The van der Waals surface area contributed by atoms with Crippen molar-refractivity contribution in [2.45, 2.75) is 42.1 Å². The van der Waals surface area contributed by atoms with Crippen LogP contribution in [0.25, 0.3) is 0 Å². The minimum Gasteiger partial charge on any atom is -0.508 e. The zero-order chi connectivity index (χ0) is 25.5. The summed E-state index contributed by atoms with van der Waals surface area (Å²) in [6.45, 7) is 3.43. The molecule has 1 aromatic heterocycles. The number of methoxy groups -OCH3 is 1. The number of thioether (sulfide) groups is 1. The highest BCUT2D eigenvalue weighted by Gasteiger charge is 2.64. The lowest BCUT2D eigenvalue weighted by Crippen LogP contribution is -2.68. The Kier molecular flexibility index (Phi) is 6.38. The SMILES string of the molecule is COC(=O)n1nnnc1C1N2C(=O)C(NC(=O)C(NC(=O)CN)c3ccc(O)cc3)C2SC1(C)C. The molecule has 5 N–H and O–H groups in total. The molecular weight excluding hydrogens is 480 g/mol. The summed E-state index contributed by atoms with van der Waals surface area (Å²) in [4.78, 5) is 51.9. The monoisotopic (exact) mass is 504 g/mol. The number of nitrogens with two attached hydrogens (primary N) is 1. The van der Waals surface area contributed by atoms with Gasteiger partial charge in [-0.2, -0.15) is 0 Å². The number of ether oxygens (including phenoxy) is 1. The molecule has 1 aromatic carbocycles. The molecule has 2 aromatic rings. The Hall–Kier alpha value is -3.72. The van der Waals surface area contributed by atoms with Gasteiger partial charge in [-0.05, 0) is 42.0 Å². The fourth-order valence-corrected chi connectivity index (χ4v) is 5.80. The van der Waals surface area contributed by atoms with Gasteiger partial charge in [0.2, 0.25) is 17.7 Å². The fraction of sp³-hybridized carbons (Fsp3) is 0.450. The number of benzene rings is 1. The van der Waals surface area contributed by atoms with E-state index in [2.05, 4.69) is 26.2 Å². The zero-order valence-corrected chi connectivity index (χ0v) is 19.9. The van der Waals surface area contributed by atoms with Gasteiger partial charge < -0.3 is 31.1 Å². The van der Waals surface area contributed by atoms with Crippen LogP contribution in [0.2, 0.25) is 0 Å². The minimum atomic E-state index is -1.13. The van der Waals surface area contributed by atoms with E-state index in [1.54, 1.807) is 0 Å². The van der Waals surface area contributed by atoms with Gasteiger partial charge in [0.05, 0.1) is 13.7 Å². The van der Waals surface area contributed by atoms with E-state index in [1.165, 1.54) is 48.0 Å². The number of carbonyl (C=O) groups excluding carboxylic acids is 4. The van der Waals surface area contributed by atoms with Crippen molar-refractivity contribution in [1.29, 1.82) is 0 Å². The molecule has 0 saturated carbocycles. The number of fused-ring (bicyclic) bond motifs is 1. The highest BCUT2D eigenvalue weighted by Crippen LogP contribution is 2.56. The Morgan fingerprint density at radius 3 is 2.60 bits per heavy atom. The molecule has 0 bridgehead atoms. The molecule has 35 heavy (non-hydrogen) atoms. The number of hydrogen-bond donors (Lipinski definition) is 4. The van der Waals surface area contributed by atoms with E-state index in [9.17, 15) is 24.3 Å². The Morgan fingerprint density at radius 1 is 1.29 bits per heavy atom. The number of amides is 3. The van der Waals surface area contributed by atoms with Gasteiger partial charge in [0.25, 0.3) is 0 Å². The minimum absolute atomic E-state index is 0.00667. The first-order valence-corrected chi connectivity index (χ1v) is 11.4. The number of nitrogens with one attached hydrogen (secondary N) is 2. The summed E-state index contributed by atoms with van der Waals surface area (Å²) in [5.41, 5.74) is 5.79. The Balaban J connectivity index is 1.56. The van der Waals surface area contributed by atoms with Gasteiger partial charge in [-0.3, -0.25) is 14.4 Å². The maximum Gasteiger partial charge on any atom is 0.437 e. The number of hydrogen-bond acceptors (Lipinski definition) is 11. The van der Waals surface area contributed by atoms with Crippen LogP contribution in [-0.2, 0) is 19.1 Å². The fourth-order valence-electron chi connectivity index (χ4n) is 4.17. The van der Waals surface area contributed by atoms with Crippen molar-refractivity contribution in [2.75, 3.05) is 13.7 Å². The number of nitrogens with zero attached hydrogens (tertiary/aromatic N) is 5. The molecule has 2 saturated heterocycles. The molecule has 2 fully saturated rings. The number of carbonyl (C=O) groups is 4. The summed E-state index contributed by atoms with van der Waals surface area (Å²) in [6.07, 6.45) is -0.792. The van der Waals surface area contributed by atoms with E-state index >= 15 is 0 Å². The predicted molar refractivity (Wildman–Crippen MR) is 121 cm³/mol. The molecule has 4 atom stereocenters. The Bertz CT molecular complexity index is 1170. The van der Waals surface area contributed by atoms with Crippen molar-refractivity contribution in [3.8, 4) is 5.75 Å². The average molecular weight is 505 g/mol. The standard InChI is InChI=1S/C20H24N8O6S/c1-20(2)14(15-24-25-26-28(15)19(33)34-3)27-17(32)13(18(27)35-20)23-16(31)12(22-11(30)8-21)9-4-6-10(29)7-5-9/h4-7,12-14,18,29H,8,21H2,1-3H3,(H,22,30)(H,23,31). The van der Waals surface area contributed by atoms with E-state index < -0.39 is 46.2 Å². The van der Waals surface area contributed by atoms with Gasteiger partial charge in [-0.1, -0.05) is 12.1 Å². The number of phenolic OH excluding ortho intramolecular Hbond substituents is 1. The molecule has 2 aliphatic rings. The van der Waals surface area contributed by atoms with Crippen molar-refractivity contribution in [2.24, 2.45) is 5.73 Å². The molecule has 4 unspecified atom stereocenters. The van der Waals surface area contributed by atoms with Gasteiger partial charge >= 0.3 is 6.09 Å². The molecule has 4 rings (SSSR count). The molecule has 186 valence electrons. The Labute approximate surface area is 203 Å². The van der Waals surface area contributed by atoms with Gasteiger partial charge in [-0.15, -0.1) is 21.5 Å². The van der Waals surface area contributed by atoms with E-state index in [-0.39, 0.29) is 24.0 Å². The highest BCUT2D eigenvalue weighted by atomic mass is 32.2. The van der Waals surface area contributed by atoms with Gasteiger partial charge in [0.15, 0.2) is 5.82 Å². The predicted octanol–water partition coefficient (Wildman–Crippen LogP) is -0.971. The summed E-state index contributed by atoms with van der Waals surface area (Å²) in [6, 6.07) is 3.07. The maximum absolute atomic E-state index is 13.2. The largest absolute Gasteiger partial charge is 0.508 e. The lowest BCUT2D eigenvalue weighted by atomic mass is 9.95. The van der Waals surface area contributed by atoms with E-state index in [0.29, 0.717) is 5.56 Å². The van der Waals surface area contributed by atoms with Crippen LogP contribution in [0.1, 0.15) is 37.3 Å². The lowest BCUT2D eigenvalue weighted by molar-refractivity contribution is -0.152. The number of aromatic nitrogens is 4. The normalized spacial score (nSPS) is 23.1. The second-order valence-corrected chi connectivity index (χ2v) is 10.2. The molecule has 3 heterocycles. The third kappa shape index (κ3) is 4.27. The second kappa shape index (κ2) is 9.14. The number of tetrazole rings is 1. The van der Waals surface area contributed by atoms with E-state index in [1.807, 2.05) is 13.8 Å². The second-order valence-electron chi connectivity index (χ2n) is 8.46. The first-order valence-electron chi connectivity index (χ1n) is 10.5. The van der Waals surface area contributed by atoms with Crippen LogP contribution in [0, 0.1) is 0 Å². The lowest BCUT2D eigenvalue weighted by Gasteiger charge is -2.44. The van der Waals surface area contributed by atoms with Crippen LogP contribution in [0.3, 0.4) is 0 Å². The number of aromatic hydroxyl groups is 1. The topological polar surface area (TPSA) is 195 Å². The summed E-state index contributed by atoms with van der Waals surface area (Å²) < 4.78 is 5.01. The first kappa shape index (κ1) is 24.4. The van der Waals surface area contributed by atoms with Crippen LogP contribution in [0.5, 0.6) is 5.75 Å².